The second kappa shape index (κ2) is 4.54. The average Bonchev–Trinajstić information content (AvgIpc) is 2.33. The van der Waals surface area contributed by atoms with Gasteiger partial charge >= 0.3 is 0 Å². The Balaban J connectivity index is 2.19. The maximum absolute atomic E-state index is 9.35. The van der Waals surface area contributed by atoms with Gasteiger partial charge in [-0.25, -0.2) is 0 Å². The number of benzene rings is 1. The van der Waals surface area contributed by atoms with Gasteiger partial charge in [0.1, 0.15) is 5.54 Å². The van der Waals surface area contributed by atoms with Crippen LogP contribution in [0.4, 0.5) is 5.69 Å². The Morgan fingerprint density at radius 1 is 1.31 bits per heavy atom. The number of hydrogen-bond acceptors (Lipinski definition) is 3. The van der Waals surface area contributed by atoms with Crippen molar-refractivity contribution in [2.45, 2.75) is 25.3 Å². The fourth-order valence-corrected chi connectivity index (χ4v) is 2.09. The standard InChI is InChI=1S/C13H17N3/c1-11-4-2-3-5-12(11)16-13(10-14)6-8-15-9-7-13/h2-5,15-16H,6-9H2,1H3. The van der Waals surface area contributed by atoms with Gasteiger partial charge in [-0.2, -0.15) is 5.26 Å². The predicted molar refractivity (Wildman–Crippen MR) is 65.2 cm³/mol. The number of nitriles is 1. The normalized spacial score (nSPS) is 18.8. The number of anilines is 1. The van der Waals surface area contributed by atoms with E-state index < -0.39 is 5.54 Å². The lowest BCUT2D eigenvalue weighted by atomic mass is 9.89. The molecule has 2 rings (SSSR count). The first kappa shape index (κ1) is 11.0. The summed E-state index contributed by atoms with van der Waals surface area (Å²) in [5.74, 6) is 0. The highest BCUT2D eigenvalue weighted by molar-refractivity contribution is 5.53. The molecule has 0 saturated carbocycles. The van der Waals surface area contributed by atoms with E-state index in [0.29, 0.717) is 0 Å². The third-order valence-electron chi connectivity index (χ3n) is 3.19. The maximum Gasteiger partial charge on any atom is 0.127 e. The minimum atomic E-state index is -0.392. The number of aryl methyl sites for hydroxylation is 1. The van der Waals surface area contributed by atoms with E-state index in [2.05, 4.69) is 29.7 Å². The molecule has 0 aromatic heterocycles. The lowest BCUT2D eigenvalue weighted by Gasteiger charge is -2.33. The highest BCUT2D eigenvalue weighted by Crippen LogP contribution is 2.25. The molecular weight excluding hydrogens is 198 g/mol. The van der Waals surface area contributed by atoms with Gasteiger partial charge in [0.25, 0.3) is 0 Å². The number of rotatable bonds is 2. The predicted octanol–water partition coefficient (Wildman–Crippen LogP) is 2.05. The summed E-state index contributed by atoms with van der Waals surface area (Å²) in [6.07, 6.45) is 1.72. The Kier molecular flexibility index (Phi) is 3.12. The Labute approximate surface area is 96.5 Å². The van der Waals surface area contributed by atoms with E-state index in [1.54, 1.807) is 0 Å². The van der Waals surface area contributed by atoms with Crippen LogP contribution in [0.15, 0.2) is 24.3 Å². The average molecular weight is 215 g/mol. The molecule has 2 N–H and O–H groups in total. The third kappa shape index (κ3) is 2.17. The van der Waals surface area contributed by atoms with E-state index >= 15 is 0 Å². The number of piperidine rings is 1. The van der Waals surface area contributed by atoms with Crippen molar-refractivity contribution in [3.05, 3.63) is 29.8 Å². The smallest absolute Gasteiger partial charge is 0.127 e. The molecule has 0 amide bonds. The fourth-order valence-electron chi connectivity index (χ4n) is 2.09. The van der Waals surface area contributed by atoms with E-state index in [1.807, 2.05) is 18.2 Å². The molecule has 1 aliphatic rings. The van der Waals surface area contributed by atoms with Crippen LogP contribution in [0.5, 0.6) is 0 Å². The Hall–Kier alpha value is -1.53. The highest BCUT2D eigenvalue weighted by Gasteiger charge is 2.31. The molecule has 1 fully saturated rings. The first-order valence-electron chi connectivity index (χ1n) is 5.72. The minimum absolute atomic E-state index is 0.392. The molecule has 1 aromatic carbocycles. The van der Waals surface area contributed by atoms with Gasteiger partial charge in [-0.1, -0.05) is 18.2 Å². The van der Waals surface area contributed by atoms with E-state index in [0.717, 1.165) is 31.6 Å². The van der Waals surface area contributed by atoms with Gasteiger partial charge in [0, 0.05) is 5.69 Å². The largest absolute Gasteiger partial charge is 0.367 e. The summed E-state index contributed by atoms with van der Waals surface area (Å²) in [4.78, 5) is 0. The molecule has 0 unspecified atom stereocenters. The Morgan fingerprint density at radius 2 is 2.00 bits per heavy atom. The first-order valence-corrected chi connectivity index (χ1v) is 5.72. The highest BCUT2D eigenvalue weighted by atomic mass is 15.0. The molecule has 1 aromatic rings. The van der Waals surface area contributed by atoms with Crippen LogP contribution in [-0.2, 0) is 0 Å². The summed E-state index contributed by atoms with van der Waals surface area (Å²) in [5.41, 5.74) is 1.87. The zero-order valence-corrected chi connectivity index (χ0v) is 9.59. The van der Waals surface area contributed by atoms with Crippen molar-refractivity contribution in [3.8, 4) is 6.07 Å². The molecule has 16 heavy (non-hydrogen) atoms. The maximum atomic E-state index is 9.35. The molecule has 1 aliphatic heterocycles. The molecule has 1 saturated heterocycles. The summed E-state index contributed by atoms with van der Waals surface area (Å²) in [7, 11) is 0. The second-order valence-corrected chi connectivity index (χ2v) is 4.38. The molecule has 3 heteroatoms. The fraction of sp³-hybridized carbons (Fsp3) is 0.462. The zero-order chi connectivity index (χ0) is 11.4. The first-order chi connectivity index (χ1) is 7.76. The summed E-state index contributed by atoms with van der Waals surface area (Å²) < 4.78 is 0. The topological polar surface area (TPSA) is 47.9 Å². The van der Waals surface area contributed by atoms with E-state index in [-0.39, 0.29) is 0 Å². The van der Waals surface area contributed by atoms with Crippen molar-refractivity contribution in [1.29, 1.82) is 5.26 Å². The van der Waals surface area contributed by atoms with Crippen molar-refractivity contribution in [2.24, 2.45) is 0 Å². The second-order valence-electron chi connectivity index (χ2n) is 4.38. The van der Waals surface area contributed by atoms with Gasteiger partial charge in [-0.05, 0) is 44.5 Å². The van der Waals surface area contributed by atoms with Gasteiger partial charge < -0.3 is 10.6 Å². The SMILES string of the molecule is Cc1ccccc1NC1(C#N)CCNCC1. The number of hydrogen-bond donors (Lipinski definition) is 2. The van der Waals surface area contributed by atoms with Crippen molar-refractivity contribution < 1.29 is 0 Å². The molecule has 0 radical (unpaired) electrons. The van der Waals surface area contributed by atoms with E-state index in [9.17, 15) is 5.26 Å². The van der Waals surface area contributed by atoms with Gasteiger partial charge in [0.2, 0.25) is 0 Å². The molecule has 3 nitrogen and oxygen atoms in total. The van der Waals surface area contributed by atoms with Crippen molar-refractivity contribution in [1.82, 2.24) is 5.32 Å². The summed E-state index contributed by atoms with van der Waals surface area (Å²) in [6, 6.07) is 10.6. The van der Waals surface area contributed by atoms with Crippen molar-refractivity contribution in [2.75, 3.05) is 18.4 Å². The Bertz CT molecular complexity index is 400. The monoisotopic (exact) mass is 215 g/mol. The molecule has 84 valence electrons. The van der Waals surface area contributed by atoms with Crippen LogP contribution in [0, 0.1) is 18.3 Å². The molecule has 1 heterocycles. The van der Waals surface area contributed by atoms with Crippen LogP contribution in [0.3, 0.4) is 0 Å². The van der Waals surface area contributed by atoms with Gasteiger partial charge in [-0.15, -0.1) is 0 Å². The van der Waals surface area contributed by atoms with Crippen LogP contribution in [-0.4, -0.2) is 18.6 Å². The number of nitrogens with zero attached hydrogens (tertiary/aromatic N) is 1. The van der Waals surface area contributed by atoms with Crippen molar-refractivity contribution in [3.63, 3.8) is 0 Å². The molecule has 0 spiro atoms. The summed E-state index contributed by atoms with van der Waals surface area (Å²) in [5, 5.41) is 16.0. The van der Waals surface area contributed by atoms with Gasteiger partial charge in [0.05, 0.1) is 6.07 Å². The summed E-state index contributed by atoms with van der Waals surface area (Å²) in [6.45, 7) is 3.88. The minimum Gasteiger partial charge on any atom is -0.367 e. The van der Waals surface area contributed by atoms with Crippen LogP contribution in [0.2, 0.25) is 0 Å². The zero-order valence-electron chi connectivity index (χ0n) is 9.59. The van der Waals surface area contributed by atoms with Crippen LogP contribution in [0.25, 0.3) is 0 Å². The molecule has 0 bridgehead atoms. The molecular formula is C13H17N3. The van der Waals surface area contributed by atoms with Crippen LogP contribution in [0.1, 0.15) is 18.4 Å². The van der Waals surface area contributed by atoms with Gasteiger partial charge in [-0.3, -0.25) is 0 Å². The quantitative estimate of drug-likeness (QED) is 0.793. The van der Waals surface area contributed by atoms with Crippen molar-refractivity contribution >= 4 is 5.69 Å². The number of nitrogens with one attached hydrogen (secondary N) is 2. The summed E-state index contributed by atoms with van der Waals surface area (Å²) >= 11 is 0. The van der Waals surface area contributed by atoms with E-state index in [4.69, 9.17) is 0 Å². The number of para-hydroxylation sites is 1. The van der Waals surface area contributed by atoms with Gasteiger partial charge in [0.15, 0.2) is 0 Å². The molecule has 0 atom stereocenters. The van der Waals surface area contributed by atoms with Crippen LogP contribution < -0.4 is 10.6 Å². The van der Waals surface area contributed by atoms with Crippen LogP contribution >= 0.6 is 0 Å². The third-order valence-corrected chi connectivity index (χ3v) is 3.19. The lowest BCUT2D eigenvalue weighted by molar-refractivity contribution is 0.409. The van der Waals surface area contributed by atoms with E-state index in [1.165, 1.54) is 5.56 Å². The Morgan fingerprint density at radius 3 is 2.62 bits per heavy atom. The molecule has 0 aliphatic carbocycles. The lowest BCUT2D eigenvalue weighted by Crippen LogP contribution is -2.46.